The number of halogens is 3. The van der Waals surface area contributed by atoms with Crippen molar-refractivity contribution in [1.29, 1.82) is 0 Å². The van der Waals surface area contributed by atoms with Gasteiger partial charge in [-0.25, -0.2) is 0 Å². The number of hydrogen-bond acceptors (Lipinski definition) is 0. The zero-order valence-electron chi connectivity index (χ0n) is 20.7. The van der Waals surface area contributed by atoms with Crippen molar-refractivity contribution >= 4 is 58.0 Å². The first kappa shape index (κ1) is 26.0. The maximum atomic E-state index is 6.42. The predicted octanol–water partition coefficient (Wildman–Crippen LogP) is 9.35. The van der Waals surface area contributed by atoms with Crippen LogP contribution in [0.2, 0.25) is 15.1 Å². The lowest BCUT2D eigenvalue weighted by atomic mass is 10.0. The Morgan fingerprint density at radius 3 is 0.946 bits per heavy atom. The van der Waals surface area contributed by atoms with E-state index in [1.165, 1.54) is 38.2 Å². The molecule has 0 amide bonds. The highest BCUT2D eigenvalue weighted by atomic mass is 35.5. The van der Waals surface area contributed by atoms with Crippen molar-refractivity contribution in [2.75, 3.05) is 0 Å². The molecule has 5 rings (SSSR count). The lowest BCUT2D eigenvalue weighted by Gasteiger charge is -2.35. The van der Waals surface area contributed by atoms with Crippen molar-refractivity contribution in [3.05, 3.63) is 159 Å². The van der Waals surface area contributed by atoms with Crippen molar-refractivity contribution in [1.82, 2.24) is 0 Å². The summed E-state index contributed by atoms with van der Waals surface area (Å²) >= 11 is 19.3. The Morgan fingerprint density at radius 1 is 0.405 bits per heavy atom. The van der Waals surface area contributed by atoms with Gasteiger partial charge in [-0.3, -0.25) is 0 Å². The summed E-state index contributed by atoms with van der Waals surface area (Å²) in [5.74, 6) is 0. The molecule has 184 valence electrons. The third-order valence-corrected chi connectivity index (χ3v) is 12.3. The fraction of sp³-hybridized carbons (Fsp3) is 0.0909. The molecule has 0 unspecified atom stereocenters. The minimum absolute atomic E-state index is 0.0530. The third kappa shape index (κ3) is 5.22. The minimum atomic E-state index is -2.37. The van der Waals surface area contributed by atoms with E-state index in [1.54, 1.807) is 0 Å². The summed E-state index contributed by atoms with van der Waals surface area (Å²) in [7, 11) is -2.37. The van der Waals surface area contributed by atoms with Gasteiger partial charge in [-0.1, -0.05) is 94.5 Å². The molecule has 0 N–H and O–H groups in total. The lowest BCUT2D eigenvalue weighted by Crippen LogP contribution is -2.35. The summed E-state index contributed by atoms with van der Waals surface area (Å²) < 4.78 is 0. The van der Waals surface area contributed by atoms with Gasteiger partial charge in [0.05, 0.1) is 0 Å². The molecule has 5 aromatic rings. The minimum Gasteiger partial charge on any atom is -0.0843 e. The van der Waals surface area contributed by atoms with Crippen LogP contribution in [0.15, 0.2) is 121 Å². The molecule has 0 aliphatic carbocycles. The van der Waals surface area contributed by atoms with Gasteiger partial charge in [-0.05, 0) is 97.8 Å². The summed E-state index contributed by atoms with van der Waals surface area (Å²) in [6.07, 6.45) is 0. The van der Waals surface area contributed by atoms with Crippen LogP contribution in [0.4, 0.5) is 0 Å². The van der Waals surface area contributed by atoms with E-state index >= 15 is 0 Å². The third-order valence-electron chi connectivity index (χ3n) is 6.88. The Kier molecular flexibility index (Phi) is 7.75. The smallest absolute Gasteiger partial charge is 0.0843 e. The topological polar surface area (TPSA) is 0 Å². The second-order valence-corrected chi connectivity index (χ2v) is 14.2. The Bertz CT molecular complexity index is 1320. The van der Waals surface area contributed by atoms with Gasteiger partial charge in [-0.2, -0.15) is 0 Å². The molecule has 5 aromatic carbocycles. The molecule has 0 nitrogen and oxygen atoms in total. The highest BCUT2D eigenvalue weighted by molar-refractivity contribution is 7.96. The molecule has 0 saturated carbocycles. The Hall–Kier alpha value is -2.60. The van der Waals surface area contributed by atoms with Crippen molar-refractivity contribution in [2.24, 2.45) is 0 Å². The molecule has 0 aliphatic heterocycles. The van der Waals surface area contributed by atoms with E-state index in [1.807, 2.05) is 36.4 Å². The SMILES string of the molecule is Cc1ccc(C(c2ccc(C)cc2)[P+](c2ccc(Cl)cc2)(c2ccc(Cl)cc2)c2ccc(Cl)cc2)cc1. The predicted molar refractivity (Wildman–Crippen MR) is 164 cm³/mol. The van der Waals surface area contributed by atoms with E-state index in [0.29, 0.717) is 0 Å². The molecule has 0 radical (unpaired) electrons. The van der Waals surface area contributed by atoms with Crippen LogP contribution in [0.5, 0.6) is 0 Å². The normalized spacial score (nSPS) is 11.6. The van der Waals surface area contributed by atoms with Crippen LogP contribution in [0.3, 0.4) is 0 Å². The summed E-state index contributed by atoms with van der Waals surface area (Å²) in [5, 5.41) is 5.89. The van der Waals surface area contributed by atoms with Crippen molar-refractivity contribution in [3.8, 4) is 0 Å². The molecule has 0 bridgehead atoms. The monoisotopic (exact) mass is 559 g/mol. The molecule has 0 aromatic heterocycles. The lowest BCUT2D eigenvalue weighted by molar-refractivity contribution is 1.13. The number of rotatable bonds is 6. The van der Waals surface area contributed by atoms with Crippen LogP contribution >= 0.6 is 42.1 Å². The van der Waals surface area contributed by atoms with Crippen molar-refractivity contribution < 1.29 is 0 Å². The standard InChI is InChI=1S/C33H27Cl3P/c1-23-3-7-25(8-4-23)33(26-9-5-24(2)6-10-26)37(30-17-11-27(34)12-18-30,31-19-13-28(35)14-20-31)32-21-15-29(36)16-22-32/h3-22,33H,1-2H3/q+1. The molecule has 4 heteroatoms. The summed E-state index contributed by atoms with van der Waals surface area (Å²) in [4.78, 5) is 0. The van der Waals surface area contributed by atoms with Crippen LogP contribution in [0, 0.1) is 13.8 Å². The van der Waals surface area contributed by atoms with Gasteiger partial charge in [0, 0.05) is 15.1 Å². The molecule has 37 heavy (non-hydrogen) atoms. The highest BCUT2D eigenvalue weighted by Gasteiger charge is 2.53. The maximum absolute atomic E-state index is 6.42. The van der Waals surface area contributed by atoms with Gasteiger partial charge in [0.2, 0.25) is 0 Å². The Morgan fingerprint density at radius 2 is 0.676 bits per heavy atom. The van der Waals surface area contributed by atoms with Crippen molar-refractivity contribution in [2.45, 2.75) is 19.5 Å². The number of aryl methyl sites for hydroxylation is 2. The van der Waals surface area contributed by atoms with E-state index in [2.05, 4.69) is 98.8 Å². The van der Waals surface area contributed by atoms with Gasteiger partial charge in [-0.15, -0.1) is 0 Å². The molecule has 0 atom stereocenters. The van der Waals surface area contributed by atoms with Crippen LogP contribution in [0.25, 0.3) is 0 Å². The highest BCUT2D eigenvalue weighted by Crippen LogP contribution is 2.69. The van der Waals surface area contributed by atoms with Gasteiger partial charge in [0.15, 0.2) is 0 Å². The van der Waals surface area contributed by atoms with Crippen LogP contribution in [-0.2, 0) is 0 Å². The molecule has 0 heterocycles. The fourth-order valence-electron chi connectivity index (χ4n) is 5.06. The second kappa shape index (κ2) is 11.0. The molecule has 0 spiro atoms. The van der Waals surface area contributed by atoms with Crippen LogP contribution < -0.4 is 15.9 Å². The first-order chi connectivity index (χ1) is 17.9. The van der Waals surface area contributed by atoms with E-state index in [0.717, 1.165) is 15.1 Å². The molecule has 0 aliphatic rings. The largest absolute Gasteiger partial charge is 0.133 e. The number of hydrogen-bond donors (Lipinski definition) is 0. The zero-order chi connectivity index (χ0) is 26.0. The Labute approximate surface area is 235 Å². The zero-order valence-corrected chi connectivity index (χ0v) is 23.9. The number of benzene rings is 5. The molecule has 0 fully saturated rings. The Balaban J connectivity index is 1.95. The van der Waals surface area contributed by atoms with Gasteiger partial charge >= 0.3 is 0 Å². The first-order valence-electron chi connectivity index (χ1n) is 12.2. The average Bonchev–Trinajstić information content (AvgIpc) is 2.91. The van der Waals surface area contributed by atoms with Crippen molar-refractivity contribution in [3.63, 3.8) is 0 Å². The summed E-state index contributed by atoms with van der Waals surface area (Å²) in [6, 6.07) is 43.0. The van der Waals surface area contributed by atoms with E-state index in [9.17, 15) is 0 Å². The van der Waals surface area contributed by atoms with Gasteiger partial charge in [0.1, 0.15) is 28.8 Å². The first-order valence-corrected chi connectivity index (χ1v) is 15.2. The molecular formula is C33H27Cl3P+. The van der Waals surface area contributed by atoms with Crippen LogP contribution in [-0.4, -0.2) is 0 Å². The molecular weight excluding hydrogens is 534 g/mol. The summed E-state index contributed by atoms with van der Waals surface area (Å²) in [6.45, 7) is 4.26. The van der Waals surface area contributed by atoms with E-state index < -0.39 is 7.26 Å². The molecule has 0 saturated heterocycles. The summed E-state index contributed by atoms with van der Waals surface area (Å²) in [5.41, 5.74) is 5.06. The fourth-order valence-corrected chi connectivity index (χ4v) is 10.3. The van der Waals surface area contributed by atoms with Crippen LogP contribution in [0.1, 0.15) is 27.9 Å². The van der Waals surface area contributed by atoms with Gasteiger partial charge < -0.3 is 0 Å². The quantitative estimate of drug-likeness (QED) is 0.182. The van der Waals surface area contributed by atoms with E-state index in [4.69, 9.17) is 34.8 Å². The second-order valence-electron chi connectivity index (χ2n) is 9.38. The van der Waals surface area contributed by atoms with Gasteiger partial charge in [0.25, 0.3) is 0 Å². The average molecular weight is 561 g/mol. The van der Waals surface area contributed by atoms with E-state index in [-0.39, 0.29) is 5.66 Å². The maximum Gasteiger partial charge on any atom is 0.133 e.